The Labute approximate surface area is 165 Å². The number of halogens is 1. The van der Waals surface area contributed by atoms with E-state index < -0.39 is 22.9 Å². The Morgan fingerprint density at radius 3 is 2.59 bits per heavy atom. The van der Waals surface area contributed by atoms with Crippen LogP contribution in [0.25, 0.3) is 0 Å². The summed E-state index contributed by atoms with van der Waals surface area (Å²) in [6, 6.07) is 13.0. The summed E-state index contributed by atoms with van der Waals surface area (Å²) in [6.07, 6.45) is -1.08. The monoisotopic (exact) mass is 408 g/mol. The van der Waals surface area contributed by atoms with Crippen LogP contribution in [-0.2, 0) is 20.1 Å². The largest absolute Gasteiger partial charge is 0.452 e. The predicted octanol–water partition coefficient (Wildman–Crippen LogP) is 4.05. The maximum Gasteiger partial charge on any atom is 0.316 e. The molecule has 2 aromatic rings. The number of carbonyl (C=O) groups is 2. The van der Waals surface area contributed by atoms with E-state index in [-0.39, 0.29) is 17.1 Å². The molecule has 0 unspecified atom stereocenters. The SMILES string of the molecule is C[C@@H](OC(=O)CSCc1ccccc1Cl)C(=O)Nc1ccccc1[N+](=O)[O-]. The maximum atomic E-state index is 12.1. The lowest BCUT2D eigenvalue weighted by molar-refractivity contribution is -0.383. The van der Waals surface area contributed by atoms with Gasteiger partial charge in [-0.1, -0.05) is 41.9 Å². The maximum absolute atomic E-state index is 12.1. The number of thioether (sulfide) groups is 1. The number of nitro benzene ring substituents is 1. The van der Waals surface area contributed by atoms with Gasteiger partial charge in [-0.2, -0.15) is 0 Å². The minimum atomic E-state index is -1.08. The van der Waals surface area contributed by atoms with Crippen molar-refractivity contribution < 1.29 is 19.2 Å². The highest BCUT2D eigenvalue weighted by atomic mass is 35.5. The molecule has 2 aromatic carbocycles. The molecule has 0 saturated heterocycles. The first-order valence-electron chi connectivity index (χ1n) is 7.93. The van der Waals surface area contributed by atoms with E-state index in [0.717, 1.165) is 5.56 Å². The van der Waals surface area contributed by atoms with Gasteiger partial charge in [0, 0.05) is 16.8 Å². The second-order valence-electron chi connectivity index (χ2n) is 5.48. The smallest absolute Gasteiger partial charge is 0.316 e. The van der Waals surface area contributed by atoms with E-state index in [1.54, 1.807) is 12.1 Å². The number of nitrogens with one attached hydrogen (secondary N) is 1. The van der Waals surface area contributed by atoms with Crippen molar-refractivity contribution in [1.82, 2.24) is 0 Å². The van der Waals surface area contributed by atoms with Gasteiger partial charge in [-0.15, -0.1) is 11.8 Å². The second kappa shape index (κ2) is 9.94. The van der Waals surface area contributed by atoms with Crippen molar-refractivity contribution in [2.45, 2.75) is 18.8 Å². The molecule has 0 aliphatic heterocycles. The number of hydrogen-bond donors (Lipinski definition) is 1. The van der Waals surface area contributed by atoms with Crippen LogP contribution in [0.4, 0.5) is 11.4 Å². The van der Waals surface area contributed by atoms with E-state index in [1.165, 1.54) is 36.9 Å². The first-order valence-corrected chi connectivity index (χ1v) is 9.46. The van der Waals surface area contributed by atoms with Gasteiger partial charge in [0.1, 0.15) is 5.69 Å². The third kappa shape index (κ3) is 6.26. The van der Waals surface area contributed by atoms with Gasteiger partial charge in [-0.05, 0) is 24.6 Å². The number of nitro groups is 1. The van der Waals surface area contributed by atoms with Gasteiger partial charge in [0.05, 0.1) is 10.7 Å². The molecular weight excluding hydrogens is 392 g/mol. The van der Waals surface area contributed by atoms with Crippen LogP contribution in [-0.4, -0.2) is 28.7 Å². The summed E-state index contributed by atoms with van der Waals surface area (Å²) >= 11 is 7.36. The Morgan fingerprint density at radius 1 is 1.22 bits per heavy atom. The fourth-order valence-electron chi connectivity index (χ4n) is 2.12. The molecule has 0 aromatic heterocycles. The number of anilines is 1. The second-order valence-corrected chi connectivity index (χ2v) is 6.87. The van der Waals surface area contributed by atoms with Crippen molar-refractivity contribution in [1.29, 1.82) is 0 Å². The van der Waals surface area contributed by atoms with E-state index in [4.69, 9.17) is 16.3 Å². The third-order valence-corrected chi connectivity index (χ3v) is 4.80. The van der Waals surface area contributed by atoms with Crippen LogP contribution >= 0.6 is 23.4 Å². The highest BCUT2D eigenvalue weighted by molar-refractivity contribution is 7.99. The summed E-state index contributed by atoms with van der Waals surface area (Å²) in [5.74, 6) is -0.620. The molecule has 1 N–H and O–H groups in total. The molecule has 0 spiro atoms. The summed E-state index contributed by atoms with van der Waals surface area (Å²) in [5, 5.41) is 14.0. The first kappa shape index (κ1) is 20.7. The van der Waals surface area contributed by atoms with E-state index >= 15 is 0 Å². The number of para-hydroxylation sites is 2. The molecule has 1 amide bonds. The molecule has 0 bridgehead atoms. The Bertz CT molecular complexity index is 846. The van der Waals surface area contributed by atoms with Crippen molar-refractivity contribution in [3.8, 4) is 0 Å². The van der Waals surface area contributed by atoms with Crippen LogP contribution in [0.15, 0.2) is 48.5 Å². The Balaban J connectivity index is 1.83. The van der Waals surface area contributed by atoms with E-state index in [1.807, 2.05) is 18.2 Å². The molecule has 0 fully saturated rings. The van der Waals surface area contributed by atoms with E-state index in [0.29, 0.717) is 10.8 Å². The fraction of sp³-hybridized carbons (Fsp3) is 0.222. The molecular formula is C18H17ClN2O5S. The Hall–Kier alpha value is -2.58. The molecule has 2 rings (SSSR count). The molecule has 27 heavy (non-hydrogen) atoms. The Morgan fingerprint density at radius 2 is 1.89 bits per heavy atom. The molecule has 0 saturated carbocycles. The zero-order valence-corrected chi connectivity index (χ0v) is 16.0. The topological polar surface area (TPSA) is 98.5 Å². The molecule has 7 nitrogen and oxygen atoms in total. The van der Waals surface area contributed by atoms with Gasteiger partial charge in [0.25, 0.3) is 11.6 Å². The van der Waals surface area contributed by atoms with Gasteiger partial charge < -0.3 is 10.1 Å². The molecule has 0 radical (unpaired) electrons. The van der Waals surface area contributed by atoms with Crippen molar-refractivity contribution in [2.24, 2.45) is 0 Å². The van der Waals surface area contributed by atoms with Gasteiger partial charge in [0.15, 0.2) is 6.10 Å². The van der Waals surface area contributed by atoms with Crippen LogP contribution in [0.5, 0.6) is 0 Å². The number of amides is 1. The Kier molecular flexibility index (Phi) is 7.63. The minimum absolute atomic E-state index is 0.0449. The standard InChI is InChI=1S/C18H17ClN2O5S/c1-12(18(23)20-15-8-4-5-9-16(15)21(24)25)26-17(22)11-27-10-13-6-2-3-7-14(13)19/h2-9,12H,10-11H2,1H3,(H,20,23)/t12-/m1/s1. The molecule has 0 aliphatic carbocycles. The summed E-state index contributed by atoms with van der Waals surface area (Å²) in [4.78, 5) is 34.4. The van der Waals surface area contributed by atoms with Gasteiger partial charge in [-0.3, -0.25) is 19.7 Å². The molecule has 1 atom stereocenters. The minimum Gasteiger partial charge on any atom is -0.452 e. The fourth-order valence-corrected chi connectivity index (χ4v) is 3.21. The highest BCUT2D eigenvalue weighted by Gasteiger charge is 2.21. The molecule has 142 valence electrons. The normalized spacial score (nSPS) is 11.5. The lowest BCUT2D eigenvalue weighted by atomic mass is 10.2. The number of carbonyl (C=O) groups excluding carboxylic acids is 2. The van der Waals surface area contributed by atoms with Crippen LogP contribution in [0.1, 0.15) is 12.5 Å². The zero-order valence-electron chi connectivity index (χ0n) is 14.4. The van der Waals surface area contributed by atoms with Crippen LogP contribution in [0.3, 0.4) is 0 Å². The van der Waals surface area contributed by atoms with Gasteiger partial charge in [-0.25, -0.2) is 0 Å². The lowest BCUT2D eigenvalue weighted by Gasteiger charge is -2.13. The van der Waals surface area contributed by atoms with Crippen LogP contribution < -0.4 is 5.32 Å². The predicted molar refractivity (Wildman–Crippen MR) is 105 cm³/mol. The highest BCUT2D eigenvalue weighted by Crippen LogP contribution is 2.24. The van der Waals surface area contributed by atoms with Crippen molar-refractivity contribution in [3.63, 3.8) is 0 Å². The number of ether oxygens (including phenoxy) is 1. The van der Waals surface area contributed by atoms with E-state index in [9.17, 15) is 19.7 Å². The number of esters is 1. The molecule has 9 heteroatoms. The average molecular weight is 409 g/mol. The van der Waals surface area contributed by atoms with Crippen molar-refractivity contribution in [2.75, 3.05) is 11.1 Å². The lowest BCUT2D eigenvalue weighted by Crippen LogP contribution is -2.30. The van der Waals surface area contributed by atoms with Gasteiger partial charge >= 0.3 is 5.97 Å². The van der Waals surface area contributed by atoms with Crippen molar-refractivity contribution in [3.05, 3.63) is 69.2 Å². The third-order valence-electron chi connectivity index (χ3n) is 3.47. The summed E-state index contributed by atoms with van der Waals surface area (Å²) in [5.41, 5.74) is 0.710. The van der Waals surface area contributed by atoms with Crippen LogP contribution in [0.2, 0.25) is 5.02 Å². The molecule has 0 aliphatic rings. The average Bonchev–Trinajstić information content (AvgIpc) is 2.63. The zero-order chi connectivity index (χ0) is 19.8. The van der Waals surface area contributed by atoms with Crippen LogP contribution in [0, 0.1) is 10.1 Å². The van der Waals surface area contributed by atoms with Gasteiger partial charge in [0.2, 0.25) is 0 Å². The number of nitrogens with zero attached hydrogens (tertiary/aromatic N) is 1. The first-order chi connectivity index (χ1) is 12.9. The number of benzene rings is 2. The molecule has 0 heterocycles. The summed E-state index contributed by atoms with van der Waals surface area (Å²) < 4.78 is 5.08. The summed E-state index contributed by atoms with van der Waals surface area (Å²) in [6.45, 7) is 1.40. The quantitative estimate of drug-likeness (QED) is 0.402. The summed E-state index contributed by atoms with van der Waals surface area (Å²) in [7, 11) is 0. The van der Waals surface area contributed by atoms with E-state index in [2.05, 4.69) is 5.32 Å². The number of rotatable bonds is 8. The number of hydrogen-bond acceptors (Lipinski definition) is 6. The van der Waals surface area contributed by atoms with Crippen molar-refractivity contribution >= 4 is 46.6 Å².